The van der Waals surface area contributed by atoms with Crippen LogP contribution >= 0.6 is 15.9 Å². The summed E-state index contributed by atoms with van der Waals surface area (Å²) in [6.45, 7) is 4.89. The monoisotopic (exact) mass is 364 g/mol. The molecule has 0 fully saturated rings. The number of nitrogens with one attached hydrogen (secondary N) is 1. The van der Waals surface area contributed by atoms with Crippen LogP contribution in [0.4, 0.5) is 5.69 Å². The van der Waals surface area contributed by atoms with Gasteiger partial charge in [-0.1, -0.05) is 29.8 Å². The number of benzene rings is 1. The maximum atomic E-state index is 12.2. The van der Waals surface area contributed by atoms with Crippen molar-refractivity contribution in [2.24, 2.45) is 5.41 Å². The van der Waals surface area contributed by atoms with Crippen LogP contribution in [0.2, 0.25) is 0 Å². The predicted molar refractivity (Wildman–Crippen MR) is 84.0 cm³/mol. The Morgan fingerprint density at radius 3 is 2.60 bits per heavy atom. The number of rotatable bonds is 7. The Morgan fingerprint density at radius 1 is 1.40 bits per heavy atom. The SMILES string of the molecule is COCCC(C)(C)CNS(=O)(=O)c1ccc(Br)cc1N. The van der Waals surface area contributed by atoms with E-state index in [9.17, 15) is 8.42 Å². The van der Waals surface area contributed by atoms with Gasteiger partial charge in [-0.3, -0.25) is 0 Å². The van der Waals surface area contributed by atoms with Crippen LogP contribution in [-0.4, -0.2) is 28.7 Å². The molecular weight excluding hydrogens is 344 g/mol. The number of hydrogen-bond donors (Lipinski definition) is 2. The summed E-state index contributed by atoms with van der Waals surface area (Å²) in [6, 6.07) is 4.72. The van der Waals surface area contributed by atoms with Gasteiger partial charge in [0.15, 0.2) is 0 Å². The lowest BCUT2D eigenvalue weighted by Gasteiger charge is -2.24. The lowest BCUT2D eigenvalue weighted by atomic mass is 9.90. The average Bonchev–Trinajstić information content (AvgIpc) is 2.34. The molecule has 5 nitrogen and oxygen atoms in total. The maximum absolute atomic E-state index is 12.2. The molecule has 0 radical (unpaired) electrons. The third-order valence-corrected chi connectivity index (χ3v) is 4.95. The molecule has 0 amide bonds. The molecule has 0 saturated heterocycles. The molecule has 0 spiro atoms. The van der Waals surface area contributed by atoms with E-state index in [1.165, 1.54) is 6.07 Å². The number of nitrogen functional groups attached to an aromatic ring is 1. The summed E-state index contributed by atoms with van der Waals surface area (Å²) in [6.07, 6.45) is 0.766. The lowest BCUT2D eigenvalue weighted by molar-refractivity contribution is 0.153. The topological polar surface area (TPSA) is 81.4 Å². The van der Waals surface area contributed by atoms with Gasteiger partial charge < -0.3 is 10.5 Å². The number of ether oxygens (including phenoxy) is 1. The van der Waals surface area contributed by atoms with Crippen molar-refractivity contribution in [1.29, 1.82) is 0 Å². The van der Waals surface area contributed by atoms with Crippen LogP contribution in [0.1, 0.15) is 20.3 Å². The second-order valence-corrected chi connectivity index (χ2v) is 8.06. The molecule has 0 bridgehead atoms. The zero-order valence-corrected chi connectivity index (χ0v) is 14.3. The number of nitrogens with two attached hydrogens (primary N) is 1. The van der Waals surface area contributed by atoms with E-state index in [2.05, 4.69) is 20.7 Å². The van der Waals surface area contributed by atoms with E-state index >= 15 is 0 Å². The molecule has 1 aromatic rings. The van der Waals surface area contributed by atoms with Crippen molar-refractivity contribution in [1.82, 2.24) is 4.72 Å². The first-order valence-electron chi connectivity index (χ1n) is 6.21. The fourth-order valence-electron chi connectivity index (χ4n) is 1.60. The molecule has 7 heteroatoms. The highest BCUT2D eigenvalue weighted by Gasteiger charge is 2.23. The van der Waals surface area contributed by atoms with E-state index in [0.717, 1.165) is 10.9 Å². The Balaban J connectivity index is 2.80. The molecule has 0 aromatic heterocycles. The minimum Gasteiger partial charge on any atom is -0.398 e. The molecule has 114 valence electrons. The lowest BCUT2D eigenvalue weighted by Crippen LogP contribution is -2.35. The third-order valence-electron chi connectivity index (χ3n) is 2.99. The van der Waals surface area contributed by atoms with Gasteiger partial charge in [-0.05, 0) is 30.0 Å². The second-order valence-electron chi connectivity index (χ2n) is 5.41. The van der Waals surface area contributed by atoms with E-state index in [1.807, 2.05) is 13.8 Å². The van der Waals surface area contributed by atoms with Gasteiger partial charge in [0, 0.05) is 24.7 Å². The Labute approximate surface area is 129 Å². The van der Waals surface area contributed by atoms with Crippen LogP contribution in [0, 0.1) is 5.41 Å². The molecule has 0 heterocycles. The summed E-state index contributed by atoms with van der Waals surface area (Å²) in [5.41, 5.74) is 5.79. The Morgan fingerprint density at radius 2 is 2.05 bits per heavy atom. The van der Waals surface area contributed by atoms with Gasteiger partial charge in [-0.15, -0.1) is 0 Å². The van der Waals surface area contributed by atoms with Crippen molar-refractivity contribution < 1.29 is 13.2 Å². The van der Waals surface area contributed by atoms with Crippen molar-refractivity contribution in [3.8, 4) is 0 Å². The molecule has 1 rings (SSSR count). The van der Waals surface area contributed by atoms with Crippen LogP contribution < -0.4 is 10.5 Å². The first-order valence-corrected chi connectivity index (χ1v) is 8.49. The van der Waals surface area contributed by atoms with E-state index in [0.29, 0.717) is 13.2 Å². The summed E-state index contributed by atoms with van der Waals surface area (Å²) in [5, 5.41) is 0. The van der Waals surface area contributed by atoms with Crippen molar-refractivity contribution in [2.45, 2.75) is 25.2 Å². The highest BCUT2D eigenvalue weighted by Crippen LogP contribution is 2.24. The Hall–Kier alpha value is -0.630. The number of halogens is 1. The molecule has 0 atom stereocenters. The standard InChI is InChI=1S/C13H21BrN2O3S/c1-13(2,6-7-19-3)9-16-20(17,18)12-5-4-10(14)8-11(12)15/h4-5,8,16H,6-7,9,15H2,1-3H3. The quantitative estimate of drug-likeness (QED) is 0.727. The van der Waals surface area contributed by atoms with Gasteiger partial charge in [-0.2, -0.15) is 0 Å². The first kappa shape index (κ1) is 17.4. The molecule has 3 N–H and O–H groups in total. The van der Waals surface area contributed by atoms with Crippen LogP contribution in [-0.2, 0) is 14.8 Å². The maximum Gasteiger partial charge on any atom is 0.242 e. The van der Waals surface area contributed by atoms with Gasteiger partial charge in [0.05, 0.1) is 5.69 Å². The smallest absolute Gasteiger partial charge is 0.242 e. The highest BCUT2D eigenvalue weighted by molar-refractivity contribution is 9.10. The van der Waals surface area contributed by atoms with Crippen molar-refractivity contribution in [3.05, 3.63) is 22.7 Å². The molecule has 0 saturated carbocycles. The zero-order valence-electron chi connectivity index (χ0n) is 11.9. The van der Waals surface area contributed by atoms with Gasteiger partial charge >= 0.3 is 0 Å². The number of methoxy groups -OCH3 is 1. The van der Waals surface area contributed by atoms with Crippen LogP contribution in [0.25, 0.3) is 0 Å². The highest BCUT2D eigenvalue weighted by atomic mass is 79.9. The second kappa shape index (κ2) is 6.89. The molecule has 1 aromatic carbocycles. The molecule has 0 aliphatic carbocycles. The Kier molecular flexibility index (Phi) is 6.00. The summed E-state index contributed by atoms with van der Waals surface area (Å²) < 4.78 is 32.9. The van der Waals surface area contributed by atoms with Gasteiger partial charge in [0.1, 0.15) is 4.90 Å². The van der Waals surface area contributed by atoms with E-state index < -0.39 is 10.0 Å². The minimum absolute atomic E-state index is 0.100. The fraction of sp³-hybridized carbons (Fsp3) is 0.538. The zero-order chi connectivity index (χ0) is 15.4. The van der Waals surface area contributed by atoms with Crippen molar-refractivity contribution in [3.63, 3.8) is 0 Å². The molecule has 0 aliphatic rings. The largest absolute Gasteiger partial charge is 0.398 e. The fourth-order valence-corrected chi connectivity index (χ4v) is 3.33. The molecule has 0 unspecified atom stereocenters. The summed E-state index contributed by atoms with van der Waals surface area (Å²) in [5.74, 6) is 0. The van der Waals surface area contributed by atoms with Gasteiger partial charge in [0.2, 0.25) is 10.0 Å². The van der Waals surface area contributed by atoms with Crippen molar-refractivity contribution in [2.75, 3.05) is 26.0 Å². The van der Waals surface area contributed by atoms with E-state index in [4.69, 9.17) is 10.5 Å². The predicted octanol–water partition coefficient (Wildman–Crippen LogP) is 2.37. The first-order chi connectivity index (χ1) is 9.18. The molecule has 0 aliphatic heterocycles. The number of sulfonamides is 1. The summed E-state index contributed by atoms with van der Waals surface area (Å²) in [7, 11) is -1.97. The average molecular weight is 365 g/mol. The summed E-state index contributed by atoms with van der Waals surface area (Å²) in [4.78, 5) is 0.100. The molecular formula is C13H21BrN2O3S. The Bertz CT molecular complexity index is 559. The van der Waals surface area contributed by atoms with Crippen LogP contribution in [0.5, 0.6) is 0 Å². The van der Waals surface area contributed by atoms with E-state index in [-0.39, 0.29) is 16.0 Å². The normalized spacial score (nSPS) is 12.6. The van der Waals surface area contributed by atoms with Crippen LogP contribution in [0.3, 0.4) is 0 Å². The van der Waals surface area contributed by atoms with E-state index in [1.54, 1.807) is 19.2 Å². The number of hydrogen-bond acceptors (Lipinski definition) is 4. The van der Waals surface area contributed by atoms with Gasteiger partial charge in [-0.25, -0.2) is 13.1 Å². The minimum atomic E-state index is -3.60. The third kappa shape index (κ3) is 5.05. The van der Waals surface area contributed by atoms with Crippen molar-refractivity contribution >= 4 is 31.6 Å². The summed E-state index contributed by atoms with van der Waals surface area (Å²) >= 11 is 3.25. The van der Waals surface area contributed by atoms with Gasteiger partial charge in [0.25, 0.3) is 0 Å². The molecule has 20 heavy (non-hydrogen) atoms. The number of anilines is 1. The van der Waals surface area contributed by atoms with Crippen LogP contribution in [0.15, 0.2) is 27.6 Å².